The molecule has 1 aliphatic carbocycles. The van der Waals surface area contributed by atoms with Crippen molar-refractivity contribution in [3.63, 3.8) is 0 Å². The second-order valence-electron chi connectivity index (χ2n) is 10.4. The van der Waals surface area contributed by atoms with Gasteiger partial charge in [0.15, 0.2) is 11.5 Å². The van der Waals surface area contributed by atoms with Crippen molar-refractivity contribution in [1.82, 2.24) is 14.8 Å². The molecule has 3 aromatic rings. The molecule has 0 bridgehead atoms. The third-order valence-electron chi connectivity index (χ3n) is 6.17. The average Bonchev–Trinajstić information content (AvgIpc) is 3.53. The molecule has 1 saturated carbocycles. The van der Waals surface area contributed by atoms with E-state index in [1.165, 1.54) is 4.68 Å². The zero-order valence-electron chi connectivity index (χ0n) is 21.1. The van der Waals surface area contributed by atoms with Crippen molar-refractivity contribution >= 4 is 19.0 Å². The number of aryl methyl sites for hydroxylation is 1. The molecule has 0 amide bonds. The second-order valence-corrected chi connectivity index (χ2v) is 16.0. The van der Waals surface area contributed by atoms with Crippen molar-refractivity contribution in [3.05, 3.63) is 40.3 Å². The van der Waals surface area contributed by atoms with E-state index in [2.05, 4.69) is 36.6 Å². The lowest BCUT2D eigenvalue weighted by Crippen LogP contribution is -2.26. The first-order chi connectivity index (χ1) is 16.3. The standard InChI is InChI=1S/C26H37N3O4Si/c1-6-7-8-20-24-21(16-27-29(26(24)30)17-32-13-14-34(3,4)5)28-25(20)18-9-12-22(31-2)23(15-18)33-19-10-11-19/h9,12,15-16,19,28H,6-8,10-11,13-14,17H2,1-5H3. The Morgan fingerprint density at radius 2 is 2.00 bits per heavy atom. The molecule has 2 aromatic heterocycles. The Labute approximate surface area is 202 Å². The molecule has 1 N–H and O–H groups in total. The molecule has 0 saturated heterocycles. The summed E-state index contributed by atoms with van der Waals surface area (Å²) in [6, 6.07) is 7.03. The summed E-state index contributed by atoms with van der Waals surface area (Å²) in [5, 5.41) is 5.08. The maximum Gasteiger partial charge on any atom is 0.278 e. The number of hydrogen-bond donors (Lipinski definition) is 1. The van der Waals surface area contributed by atoms with Gasteiger partial charge in [-0.1, -0.05) is 33.0 Å². The highest BCUT2D eigenvalue weighted by Crippen LogP contribution is 2.38. The van der Waals surface area contributed by atoms with Crippen LogP contribution >= 0.6 is 0 Å². The molecule has 1 aliphatic rings. The molecular formula is C26H37N3O4Si. The average molecular weight is 484 g/mol. The van der Waals surface area contributed by atoms with E-state index in [1.807, 2.05) is 18.2 Å². The SMILES string of the molecule is CCCCc1c(-c2ccc(OC)c(OC3CC3)c2)[nH]c2cnn(COCC[Si](C)(C)C)c(=O)c12. The number of methoxy groups -OCH3 is 1. The van der Waals surface area contributed by atoms with Crippen LogP contribution in [0.15, 0.2) is 29.2 Å². The molecule has 34 heavy (non-hydrogen) atoms. The first kappa shape index (κ1) is 24.5. The van der Waals surface area contributed by atoms with Crippen molar-refractivity contribution in [2.24, 2.45) is 0 Å². The quantitative estimate of drug-likeness (QED) is 0.268. The Hall–Kier alpha value is -2.58. The lowest BCUT2D eigenvalue weighted by Gasteiger charge is -2.15. The lowest BCUT2D eigenvalue weighted by molar-refractivity contribution is 0.0754. The smallest absolute Gasteiger partial charge is 0.278 e. The van der Waals surface area contributed by atoms with E-state index in [-0.39, 0.29) is 18.4 Å². The lowest BCUT2D eigenvalue weighted by atomic mass is 10.0. The summed E-state index contributed by atoms with van der Waals surface area (Å²) >= 11 is 0. The number of aromatic amines is 1. The normalized spacial score (nSPS) is 14.0. The summed E-state index contributed by atoms with van der Waals surface area (Å²) in [6.45, 7) is 9.93. The molecule has 0 atom stereocenters. The zero-order valence-corrected chi connectivity index (χ0v) is 22.1. The fourth-order valence-electron chi connectivity index (χ4n) is 3.97. The number of nitrogens with one attached hydrogen (secondary N) is 1. The molecule has 8 heteroatoms. The predicted molar refractivity (Wildman–Crippen MR) is 139 cm³/mol. The summed E-state index contributed by atoms with van der Waals surface area (Å²) in [7, 11) is 0.471. The van der Waals surface area contributed by atoms with Crippen LogP contribution in [0.3, 0.4) is 0 Å². The minimum atomic E-state index is -1.19. The Morgan fingerprint density at radius 1 is 1.21 bits per heavy atom. The molecular weight excluding hydrogens is 446 g/mol. The number of H-pyrrole nitrogens is 1. The van der Waals surface area contributed by atoms with Crippen LogP contribution in [-0.2, 0) is 17.9 Å². The van der Waals surface area contributed by atoms with Gasteiger partial charge < -0.3 is 19.2 Å². The van der Waals surface area contributed by atoms with E-state index >= 15 is 0 Å². The third-order valence-corrected chi connectivity index (χ3v) is 7.87. The Balaban J connectivity index is 1.70. The van der Waals surface area contributed by atoms with Crippen LogP contribution in [0.5, 0.6) is 11.5 Å². The van der Waals surface area contributed by atoms with Gasteiger partial charge in [-0.25, -0.2) is 4.68 Å². The van der Waals surface area contributed by atoms with E-state index < -0.39 is 8.07 Å². The summed E-state index contributed by atoms with van der Waals surface area (Å²) in [5.74, 6) is 1.47. The molecule has 7 nitrogen and oxygen atoms in total. The Morgan fingerprint density at radius 3 is 2.68 bits per heavy atom. The molecule has 2 heterocycles. The number of fused-ring (bicyclic) bond motifs is 1. The second kappa shape index (κ2) is 10.4. The minimum absolute atomic E-state index is 0.109. The summed E-state index contributed by atoms with van der Waals surface area (Å²) < 4.78 is 18.9. The minimum Gasteiger partial charge on any atom is -0.493 e. The van der Waals surface area contributed by atoms with Crippen molar-refractivity contribution in [1.29, 1.82) is 0 Å². The number of hydrogen-bond acceptors (Lipinski definition) is 5. The van der Waals surface area contributed by atoms with E-state index in [0.29, 0.717) is 12.0 Å². The molecule has 1 fully saturated rings. The van der Waals surface area contributed by atoms with Crippen LogP contribution in [0.4, 0.5) is 0 Å². The van der Waals surface area contributed by atoms with Crippen LogP contribution in [-0.4, -0.2) is 42.7 Å². The van der Waals surface area contributed by atoms with Gasteiger partial charge in [-0.2, -0.15) is 5.10 Å². The number of ether oxygens (including phenoxy) is 3. The van der Waals surface area contributed by atoms with Gasteiger partial charge in [0.05, 0.1) is 36.0 Å². The van der Waals surface area contributed by atoms with E-state index in [4.69, 9.17) is 14.2 Å². The summed E-state index contributed by atoms with van der Waals surface area (Å²) in [6.07, 6.45) is 7.01. The van der Waals surface area contributed by atoms with Crippen molar-refractivity contribution in [3.8, 4) is 22.8 Å². The first-order valence-corrected chi connectivity index (χ1v) is 16.0. The van der Waals surface area contributed by atoms with Gasteiger partial charge >= 0.3 is 0 Å². The highest BCUT2D eigenvalue weighted by molar-refractivity contribution is 6.76. The van der Waals surface area contributed by atoms with Gasteiger partial charge in [0.1, 0.15) is 6.73 Å². The molecule has 1 aromatic carbocycles. The maximum absolute atomic E-state index is 13.4. The van der Waals surface area contributed by atoms with Crippen LogP contribution in [0.25, 0.3) is 22.2 Å². The van der Waals surface area contributed by atoms with Crippen molar-refractivity contribution in [2.75, 3.05) is 13.7 Å². The topological polar surface area (TPSA) is 78.4 Å². The van der Waals surface area contributed by atoms with E-state index in [9.17, 15) is 4.79 Å². The predicted octanol–water partition coefficient (Wildman–Crippen LogP) is 5.60. The third kappa shape index (κ3) is 5.72. The highest BCUT2D eigenvalue weighted by atomic mass is 28.3. The summed E-state index contributed by atoms with van der Waals surface area (Å²) in [5.41, 5.74) is 3.61. The van der Waals surface area contributed by atoms with Gasteiger partial charge in [0.2, 0.25) is 0 Å². The maximum atomic E-state index is 13.4. The van der Waals surface area contributed by atoms with Crippen molar-refractivity contribution in [2.45, 2.75) is 77.5 Å². The number of nitrogens with zero attached hydrogens (tertiary/aromatic N) is 2. The Bertz CT molecular complexity index is 1190. The summed E-state index contributed by atoms with van der Waals surface area (Å²) in [4.78, 5) is 16.9. The molecule has 4 rings (SSSR count). The van der Waals surface area contributed by atoms with Gasteiger partial charge in [0, 0.05) is 20.2 Å². The van der Waals surface area contributed by atoms with Crippen LogP contribution in [0, 0.1) is 0 Å². The van der Waals surface area contributed by atoms with Gasteiger partial charge in [0.25, 0.3) is 5.56 Å². The molecule has 0 unspecified atom stereocenters. The van der Waals surface area contributed by atoms with Gasteiger partial charge in [-0.3, -0.25) is 4.79 Å². The number of unbranched alkanes of at least 4 members (excludes halogenated alkanes) is 1. The van der Waals surface area contributed by atoms with Gasteiger partial charge in [-0.15, -0.1) is 0 Å². The van der Waals surface area contributed by atoms with E-state index in [0.717, 1.165) is 72.0 Å². The molecule has 0 aliphatic heterocycles. The highest BCUT2D eigenvalue weighted by Gasteiger charge is 2.26. The van der Waals surface area contributed by atoms with E-state index in [1.54, 1.807) is 13.3 Å². The number of benzene rings is 1. The number of rotatable bonds is 12. The van der Waals surface area contributed by atoms with Gasteiger partial charge in [-0.05, 0) is 55.5 Å². The first-order valence-electron chi connectivity index (χ1n) is 12.3. The fourth-order valence-corrected chi connectivity index (χ4v) is 4.73. The van der Waals surface area contributed by atoms with Crippen molar-refractivity contribution < 1.29 is 14.2 Å². The molecule has 184 valence electrons. The number of aromatic nitrogens is 3. The van der Waals surface area contributed by atoms with Crippen LogP contribution in [0.2, 0.25) is 25.7 Å². The molecule has 0 radical (unpaired) electrons. The largest absolute Gasteiger partial charge is 0.493 e. The zero-order chi connectivity index (χ0) is 24.3. The van der Waals surface area contributed by atoms with Crippen LogP contribution in [0.1, 0.15) is 38.2 Å². The molecule has 0 spiro atoms. The fraction of sp³-hybridized carbons (Fsp3) is 0.538. The monoisotopic (exact) mass is 483 g/mol. The van der Waals surface area contributed by atoms with Crippen LogP contribution < -0.4 is 15.0 Å². The Kier molecular flexibility index (Phi) is 7.47.